The van der Waals surface area contributed by atoms with Gasteiger partial charge in [0.1, 0.15) is 0 Å². The molecule has 2 nitrogen and oxygen atoms in total. The van der Waals surface area contributed by atoms with Crippen LogP contribution in [0.15, 0.2) is 267 Å². The summed E-state index contributed by atoms with van der Waals surface area (Å²) in [5.74, 6) is 0. The van der Waals surface area contributed by atoms with Gasteiger partial charge in [-0.3, -0.25) is 0 Å². The number of anilines is 6. The van der Waals surface area contributed by atoms with Crippen LogP contribution in [0, 0.1) is 27.7 Å². The van der Waals surface area contributed by atoms with Crippen LogP contribution in [0.4, 0.5) is 34.1 Å². The molecular formula is C76H56N2. The van der Waals surface area contributed by atoms with Crippen molar-refractivity contribution >= 4 is 98.8 Å². The molecule has 0 radical (unpaired) electrons. The van der Waals surface area contributed by atoms with Gasteiger partial charge in [0.05, 0.1) is 11.4 Å². The van der Waals surface area contributed by atoms with Crippen LogP contribution < -0.4 is 9.80 Å². The molecule has 0 N–H and O–H groups in total. The average molecular weight is 997 g/mol. The van der Waals surface area contributed by atoms with Crippen molar-refractivity contribution in [3.8, 4) is 33.4 Å². The summed E-state index contributed by atoms with van der Waals surface area (Å²) in [5.41, 5.74) is 18.9. The molecule has 0 aromatic heterocycles. The summed E-state index contributed by atoms with van der Waals surface area (Å²) >= 11 is 0. The van der Waals surface area contributed by atoms with E-state index in [-0.39, 0.29) is 0 Å². The fourth-order valence-electron chi connectivity index (χ4n) is 12.9. The fraction of sp³-hybridized carbons (Fsp3) is 0.0526. The molecule has 78 heavy (non-hydrogen) atoms. The van der Waals surface area contributed by atoms with E-state index < -0.39 is 0 Å². The van der Waals surface area contributed by atoms with Crippen LogP contribution in [-0.4, -0.2) is 0 Å². The summed E-state index contributed by atoms with van der Waals surface area (Å²) in [6.45, 7) is 9.19. The molecule has 14 rings (SSSR count). The van der Waals surface area contributed by atoms with E-state index in [1.807, 2.05) is 0 Å². The van der Waals surface area contributed by atoms with Crippen molar-refractivity contribution in [1.29, 1.82) is 0 Å². The number of benzene rings is 14. The van der Waals surface area contributed by atoms with Gasteiger partial charge in [-0.1, -0.05) is 206 Å². The van der Waals surface area contributed by atoms with Crippen LogP contribution in [0.3, 0.4) is 0 Å². The van der Waals surface area contributed by atoms with Crippen molar-refractivity contribution in [2.24, 2.45) is 0 Å². The number of hydrogen-bond acceptors (Lipinski definition) is 2. The Morgan fingerprint density at radius 1 is 0.205 bits per heavy atom. The maximum atomic E-state index is 2.48. The van der Waals surface area contributed by atoms with Crippen LogP contribution in [0.1, 0.15) is 22.3 Å². The van der Waals surface area contributed by atoms with E-state index in [1.165, 1.54) is 120 Å². The monoisotopic (exact) mass is 996 g/mol. The van der Waals surface area contributed by atoms with Gasteiger partial charge >= 0.3 is 0 Å². The van der Waals surface area contributed by atoms with Gasteiger partial charge in [0, 0.05) is 33.9 Å². The lowest BCUT2D eigenvalue weighted by Gasteiger charge is -2.31. The molecule has 0 heterocycles. The van der Waals surface area contributed by atoms with Crippen molar-refractivity contribution in [3.05, 3.63) is 289 Å². The Morgan fingerprint density at radius 2 is 0.462 bits per heavy atom. The highest BCUT2D eigenvalue weighted by molar-refractivity contribution is 6.27. The highest BCUT2D eigenvalue weighted by Gasteiger charge is 2.25. The normalized spacial score (nSPS) is 11.6. The van der Waals surface area contributed by atoms with Crippen molar-refractivity contribution < 1.29 is 0 Å². The molecule has 0 amide bonds. The molecule has 2 heteroatoms. The van der Waals surface area contributed by atoms with Gasteiger partial charge in [-0.2, -0.15) is 0 Å². The minimum Gasteiger partial charge on any atom is -0.310 e. The SMILES string of the molecule is Cc1cc(N(c2ccc3c4ccccc4c4ccccc4c3c2)c2ccccc2-c2ccccc2)cc(C)c1-c1c(C)cc(N(c2ccc3c4ccccc4c4ccccc4c3c2)c2ccccc2-c2ccccc2)cc1C. The van der Waals surface area contributed by atoms with Crippen LogP contribution >= 0.6 is 0 Å². The largest absolute Gasteiger partial charge is 0.310 e. The zero-order valence-corrected chi connectivity index (χ0v) is 44.3. The Balaban J connectivity index is 0.941. The van der Waals surface area contributed by atoms with Crippen molar-refractivity contribution in [2.45, 2.75) is 27.7 Å². The molecule has 14 aromatic carbocycles. The summed E-state index contributed by atoms with van der Waals surface area (Å²) in [6.07, 6.45) is 0. The van der Waals surface area contributed by atoms with E-state index in [0.717, 1.165) is 34.1 Å². The van der Waals surface area contributed by atoms with Gasteiger partial charge < -0.3 is 9.80 Å². The first kappa shape index (κ1) is 46.7. The predicted octanol–water partition coefficient (Wildman–Crippen LogP) is 21.8. The van der Waals surface area contributed by atoms with Gasteiger partial charge in [-0.25, -0.2) is 0 Å². The van der Waals surface area contributed by atoms with E-state index in [4.69, 9.17) is 0 Å². The Labute approximate surface area is 456 Å². The zero-order valence-electron chi connectivity index (χ0n) is 44.3. The summed E-state index contributed by atoms with van der Waals surface area (Å²) in [5, 5.41) is 15.1. The van der Waals surface area contributed by atoms with Crippen molar-refractivity contribution in [1.82, 2.24) is 0 Å². The van der Waals surface area contributed by atoms with Gasteiger partial charge in [-0.05, 0) is 198 Å². The molecule has 0 fully saturated rings. The molecule has 0 saturated carbocycles. The minimum absolute atomic E-state index is 1.11. The zero-order chi connectivity index (χ0) is 52.4. The molecule has 0 bridgehead atoms. The third-order valence-electron chi connectivity index (χ3n) is 16.2. The van der Waals surface area contributed by atoms with Crippen LogP contribution in [0.5, 0.6) is 0 Å². The predicted molar refractivity (Wildman–Crippen MR) is 336 cm³/mol. The molecule has 0 aliphatic carbocycles. The van der Waals surface area contributed by atoms with Crippen LogP contribution in [0.2, 0.25) is 0 Å². The van der Waals surface area contributed by atoms with Gasteiger partial charge in [0.25, 0.3) is 0 Å². The van der Waals surface area contributed by atoms with Gasteiger partial charge in [0.15, 0.2) is 0 Å². The van der Waals surface area contributed by atoms with Crippen LogP contribution in [0.25, 0.3) is 98.0 Å². The number of rotatable bonds is 9. The quantitative estimate of drug-likeness (QED) is 0.133. The van der Waals surface area contributed by atoms with E-state index >= 15 is 0 Å². The lowest BCUT2D eigenvalue weighted by atomic mass is 9.88. The third kappa shape index (κ3) is 7.79. The first-order valence-electron chi connectivity index (χ1n) is 27.2. The average Bonchev–Trinajstić information content (AvgIpc) is 3.65. The second-order valence-electron chi connectivity index (χ2n) is 21.0. The smallest absolute Gasteiger partial charge is 0.0540 e. The second kappa shape index (κ2) is 19.1. The molecule has 0 unspecified atom stereocenters. The van der Waals surface area contributed by atoms with Crippen LogP contribution in [-0.2, 0) is 0 Å². The van der Waals surface area contributed by atoms with Gasteiger partial charge in [-0.15, -0.1) is 0 Å². The molecular weight excluding hydrogens is 941 g/mol. The standard InChI is InChI=1S/C76H56N2/c1-49-43-57(77(73-37-21-19-27-59(73)53-23-7-5-8-24-53)55-39-41-69-65-33-13-11-29-61(65)63-31-15-17-35-67(63)71(69)47-55)44-50(2)75(49)76-51(3)45-58(46-52(76)4)78(74-38-22-20-28-60(74)54-25-9-6-10-26-54)56-40-42-70-66-34-14-12-30-62(66)64-32-16-18-36-68(64)72(70)48-56/h5-48H,1-4H3. The lowest BCUT2D eigenvalue weighted by Crippen LogP contribution is -2.13. The maximum Gasteiger partial charge on any atom is 0.0540 e. The van der Waals surface area contributed by atoms with E-state index in [2.05, 4.69) is 304 Å². The molecule has 0 aliphatic rings. The lowest BCUT2D eigenvalue weighted by molar-refractivity contribution is 1.24. The highest BCUT2D eigenvalue weighted by Crippen LogP contribution is 2.49. The maximum absolute atomic E-state index is 2.48. The highest BCUT2D eigenvalue weighted by atomic mass is 15.2. The number of fused-ring (bicyclic) bond motifs is 12. The first-order chi connectivity index (χ1) is 38.4. The van der Waals surface area contributed by atoms with Crippen molar-refractivity contribution in [2.75, 3.05) is 9.80 Å². The fourth-order valence-corrected chi connectivity index (χ4v) is 12.9. The van der Waals surface area contributed by atoms with E-state index in [9.17, 15) is 0 Å². The third-order valence-corrected chi connectivity index (χ3v) is 16.2. The van der Waals surface area contributed by atoms with E-state index in [0.29, 0.717) is 0 Å². The number of nitrogens with zero attached hydrogens (tertiary/aromatic N) is 2. The molecule has 14 aromatic rings. The molecule has 0 saturated heterocycles. The Morgan fingerprint density at radius 3 is 0.782 bits per heavy atom. The Bertz CT molecular complexity index is 4250. The molecule has 0 spiro atoms. The summed E-state index contributed by atoms with van der Waals surface area (Å²) in [7, 11) is 0. The van der Waals surface area contributed by atoms with Crippen molar-refractivity contribution in [3.63, 3.8) is 0 Å². The topological polar surface area (TPSA) is 6.48 Å². The summed E-state index contributed by atoms with van der Waals surface area (Å²) in [6, 6.07) is 98.5. The first-order valence-corrected chi connectivity index (χ1v) is 27.2. The summed E-state index contributed by atoms with van der Waals surface area (Å²) < 4.78 is 0. The Kier molecular flexibility index (Phi) is 11.5. The van der Waals surface area contributed by atoms with Gasteiger partial charge in [0.2, 0.25) is 0 Å². The minimum atomic E-state index is 1.11. The number of aryl methyl sites for hydroxylation is 4. The molecule has 0 aliphatic heterocycles. The summed E-state index contributed by atoms with van der Waals surface area (Å²) in [4.78, 5) is 4.96. The molecule has 370 valence electrons. The van der Waals surface area contributed by atoms with E-state index in [1.54, 1.807) is 0 Å². The number of para-hydroxylation sites is 2. The Hall–Kier alpha value is -9.76. The second-order valence-corrected chi connectivity index (χ2v) is 21.0. The number of hydrogen-bond donors (Lipinski definition) is 0. The molecule has 0 atom stereocenters.